The van der Waals surface area contributed by atoms with Crippen LogP contribution in [-0.2, 0) is 9.59 Å². The molecule has 0 unspecified atom stereocenters. The Hall–Kier alpha value is -2.00. The average Bonchev–Trinajstić information content (AvgIpc) is 2.71. The molecule has 9 heteroatoms. The minimum atomic E-state index is -0.402. The van der Waals surface area contributed by atoms with E-state index in [1.165, 1.54) is 0 Å². The van der Waals surface area contributed by atoms with Crippen LogP contribution < -0.4 is 16.0 Å². The second-order valence-corrected chi connectivity index (χ2v) is 9.12. The fraction of sp³-hybridized carbons (Fsp3) is 0.818. The lowest BCUT2D eigenvalue weighted by atomic mass is 9.94. The summed E-state index contributed by atoms with van der Waals surface area (Å²) in [7, 11) is 0. The molecule has 180 valence electrons. The second kappa shape index (κ2) is 14.9. The minimum absolute atomic E-state index is 0.0244. The second-order valence-electron chi connectivity index (χ2n) is 9.12. The van der Waals surface area contributed by atoms with Crippen molar-refractivity contribution in [1.29, 1.82) is 0 Å². The van der Waals surface area contributed by atoms with E-state index in [1.807, 2.05) is 27.7 Å². The predicted molar refractivity (Wildman–Crippen MR) is 124 cm³/mol. The number of amides is 1. The summed E-state index contributed by atoms with van der Waals surface area (Å²) in [5, 5.41) is 34.5. The standard InChI is InChI=1S/C22H43N5O4/c1-17(26-30)21(3,4)24-14-11-19(10-13-23-20(29)9-7-8-16-28)12-15-25-22(5,6)18(2)27-31/h16,19,24-25,30-31H,7-15H2,1-6H3,(H,23,29)/b26-17-,27-18-. The van der Waals surface area contributed by atoms with E-state index in [0.717, 1.165) is 38.6 Å². The molecule has 0 radical (unpaired) electrons. The van der Waals surface area contributed by atoms with Crippen molar-refractivity contribution < 1.29 is 20.0 Å². The fourth-order valence-corrected chi connectivity index (χ4v) is 2.97. The van der Waals surface area contributed by atoms with E-state index in [9.17, 15) is 9.59 Å². The number of carbonyl (C=O) groups is 2. The summed E-state index contributed by atoms with van der Waals surface area (Å²) >= 11 is 0. The van der Waals surface area contributed by atoms with Crippen LogP contribution in [0.2, 0.25) is 0 Å². The van der Waals surface area contributed by atoms with Gasteiger partial charge in [0.25, 0.3) is 0 Å². The Morgan fingerprint density at radius 1 is 0.903 bits per heavy atom. The van der Waals surface area contributed by atoms with Gasteiger partial charge in [-0.1, -0.05) is 10.3 Å². The quantitative estimate of drug-likeness (QED) is 0.0774. The molecule has 0 aliphatic rings. The Balaban J connectivity index is 4.70. The Kier molecular flexibility index (Phi) is 13.9. The van der Waals surface area contributed by atoms with Gasteiger partial charge in [-0.3, -0.25) is 4.79 Å². The maximum atomic E-state index is 11.9. The molecule has 0 aromatic carbocycles. The van der Waals surface area contributed by atoms with Gasteiger partial charge in [-0.25, -0.2) is 0 Å². The first-order valence-corrected chi connectivity index (χ1v) is 11.1. The van der Waals surface area contributed by atoms with Crippen LogP contribution >= 0.6 is 0 Å². The lowest BCUT2D eigenvalue weighted by molar-refractivity contribution is -0.121. The van der Waals surface area contributed by atoms with Crippen molar-refractivity contribution in [2.75, 3.05) is 19.6 Å². The highest BCUT2D eigenvalue weighted by molar-refractivity contribution is 5.90. The van der Waals surface area contributed by atoms with Crippen molar-refractivity contribution in [3.05, 3.63) is 0 Å². The molecule has 0 fully saturated rings. The van der Waals surface area contributed by atoms with Crippen molar-refractivity contribution in [3.63, 3.8) is 0 Å². The van der Waals surface area contributed by atoms with E-state index < -0.39 is 11.1 Å². The number of rotatable bonds is 17. The van der Waals surface area contributed by atoms with Gasteiger partial charge in [0, 0.05) is 19.4 Å². The van der Waals surface area contributed by atoms with Gasteiger partial charge >= 0.3 is 0 Å². The minimum Gasteiger partial charge on any atom is -0.411 e. The number of unbranched alkanes of at least 4 members (excludes halogenated alkanes) is 1. The van der Waals surface area contributed by atoms with Crippen molar-refractivity contribution >= 4 is 23.6 Å². The predicted octanol–water partition coefficient (Wildman–Crippen LogP) is 2.69. The Bertz CT molecular complexity index is 567. The third-order valence-corrected chi connectivity index (χ3v) is 5.95. The highest BCUT2D eigenvalue weighted by Crippen LogP contribution is 2.15. The lowest BCUT2D eigenvalue weighted by Gasteiger charge is -2.28. The molecule has 0 atom stereocenters. The van der Waals surface area contributed by atoms with Crippen molar-refractivity contribution in [2.45, 2.75) is 91.1 Å². The smallest absolute Gasteiger partial charge is 0.220 e. The van der Waals surface area contributed by atoms with E-state index in [0.29, 0.717) is 43.1 Å². The van der Waals surface area contributed by atoms with E-state index in [1.54, 1.807) is 13.8 Å². The number of hydrogen-bond donors (Lipinski definition) is 5. The Morgan fingerprint density at radius 2 is 1.35 bits per heavy atom. The molecule has 0 aliphatic heterocycles. The maximum Gasteiger partial charge on any atom is 0.220 e. The SMILES string of the molecule is C/C(=N/O)C(C)(C)NCCC(CCNC(=O)CCCC=O)CCNC(C)(C)/C(C)=N\O. The maximum absolute atomic E-state index is 11.9. The molecule has 0 rings (SSSR count). The zero-order valence-corrected chi connectivity index (χ0v) is 20.1. The molecule has 1 amide bonds. The van der Waals surface area contributed by atoms with Gasteiger partial charge in [-0.05, 0) is 86.2 Å². The van der Waals surface area contributed by atoms with Crippen LogP contribution in [0.3, 0.4) is 0 Å². The van der Waals surface area contributed by atoms with Gasteiger partial charge in [0.2, 0.25) is 5.91 Å². The molecule has 31 heavy (non-hydrogen) atoms. The summed E-state index contributed by atoms with van der Waals surface area (Å²) in [6.45, 7) is 13.5. The van der Waals surface area contributed by atoms with E-state index in [4.69, 9.17) is 10.4 Å². The van der Waals surface area contributed by atoms with Crippen molar-refractivity contribution in [3.8, 4) is 0 Å². The van der Waals surface area contributed by atoms with E-state index in [-0.39, 0.29) is 5.91 Å². The number of carbonyl (C=O) groups excluding carboxylic acids is 2. The highest BCUT2D eigenvalue weighted by Gasteiger charge is 2.23. The summed E-state index contributed by atoms with van der Waals surface area (Å²) < 4.78 is 0. The third kappa shape index (κ3) is 12.4. The number of nitrogens with one attached hydrogen (secondary N) is 3. The first kappa shape index (κ1) is 29.0. The summed E-state index contributed by atoms with van der Waals surface area (Å²) in [6, 6.07) is 0. The molecular formula is C22H43N5O4. The molecule has 0 spiro atoms. The Morgan fingerprint density at radius 3 is 1.77 bits per heavy atom. The van der Waals surface area contributed by atoms with E-state index >= 15 is 0 Å². The van der Waals surface area contributed by atoms with Crippen molar-refractivity contribution in [1.82, 2.24) is 16.0 Å². The number of oxime groups is 2. The van der Waals surface area contributed by atoms with Crippen LogP contribution in [0.1, 0.15) is 80.1 Å². The molecule has 9 nitrogen and oxygen atoms in total. The number of hydrogen-bond acceptors (Lipinski definition) is 8. The molecule has 0 saturated carbocycles. The fourth-order valence-electron chi connectivity index (χ4n) is 2.97. The first-order valence-electron chi connectivity index (χ1n) is 11.1. The Labute approximate surface area is 187 Å². The van der Waals surface area contributed by atoms with Gasteiger partial charge in [0.15, 0.2) is 0 Å². The van der Waals surface area contributed by atoms with Crippen LogP contribution in [0.15, 0.2) is 10.3 Å². The van der Waals surface area contributed by atoms with Gasteiger partial charge < -0.3 is 31.2 Å². The first-order chi connectivity index (χ1) is 14.5. The molecular weight excluding hydrogens is 398 g/mol. The van der Waals surface area contributed by atoms with Crippen LogP contribution in [0.5, 0.6) is 0 Å². The van der Waals surface area contributed by atoms with Crippen LogP contribution in [0.25, 0.3) is 0 Å². The monoisotopic (exact) mass is 441 g/mol. The normalized spacial score (nSPS) is 14.4. The molecule has 0 aromatic heterocycles. The summed E-state index contributed by atoms with van der Waals surface area (Å²) in [4.78, 5) is 22.2. The summed E-state index contributed by atoms with van der Waals surface area (Å²) in [5.74, 6) is 0.336. The van der Waals surface area contributed by atoms with Crippen LogP contribution in [-0.4, -0.2) is 64.7 Å². The molecule has 0 aliphatic carbocycles. The van der Waals surface area contributed by atoms with Crippen LogP contribution in [0, 0.1) is 5.92 Å². The van der Waals surface area contributed by atoms with Gasteiger partial charge in [-0.2, -0.15) is 0 Å². The molecule has 0 aromatic rings. The summed E-state index contributed by atoms with van der Waals surface area (Å²) in [5.41, 5.74) is 0.435. The zero-order chi connectivity index (χ0) is 23.9. The lowest BCUT2D eigenvalue weighted by Crippen LogP contribution is -2.47. The topological polar surface area (TPSA) is 135 Å². The summed E-state index contributed by atoms with van der Waals surface area (Å²) in [6.07, 6.45) is 4.83. The highest BCUT2D eigenvalue weighted by atomic mass is 16.4. The van der Waals surface area contributed by atoms with E-state index in [2.05, 4.69) is 26.3 Å². The van der Waals surface area contributed by atoms with Crippen molar-refractivity contribution in [2.24, 2.45) is 16.2 Å². The number of nitrogens with zero attached hydrogens (tertiary/aromatic N) is 2. The largest absolute Gasteiger partial charge is 0.411 e. The average molecular weight is 442 g/mol. The third-order valence-electron chi connectivity index (χ3n) is 5.95. The zero-order valence-electron chi connectivity index (χ0n) is 20.1. The molecule has 5 N–H and O–H groups in total. The molecule has 0 saturated heterocycles. The van der Waals surface area contributed by atoms with Gasteiger partial charge in [0.1, 0.15) is 6.29 Å². The van der Waals surface area contributed by atoms with Gasteiger partial charge in [-0.15, -0.1) is 0 Å². The van der Waals surface area contributed by atoms with Gasteiger partial charge in [0.05, 0.1) is 22.5 Å². The van der Waals surface area contributed by atoms with Crippen LogP contribution in [0.4, 0.5) is 0 Å². The molecule has 0 bridgehead atoms. The molecule has 0 heterocycles. The number of aldehydes is 1.